The van der Waals surface area contributed by atoms with Crippen LogP contribution in [0.2, 0.25) is 0 Å². The Kier molecular flexibility index (Phi) is 5.10. The molecule has 110 valence electrons. The van der Waals surface area contributed by atoms with Gasteiger partial charge in [0.15, 0.2) is 0 Å². The number of nitrogens with one attached hydrogen (secondary N) is 1. The van der Waals surface area contributed by atoms with Crippen LogP contribution in [0.1, 0.15) is 18.4 Å². The van der Waals surface area contributed by atoms with Crippen molar-refractivity contribution in [2.24, 2.45) is 0 Å². The van der Waals surface area contributed by atoms with Gasteiger partial charge in [0.25, 0.3) is 0 Å². The smallest absolute Gasteiger partial charge is 0.0245 e. The predicted octanol–water partition coefficient (Wildman–Crippen LogP) is 2.32. The summed E-state index contributed by atoms with van der Waals surface area (Å²) in [6.45, 7) is 8.28. The second kappa shape index (κ2) is 7.03. The summed E-state index contributed by atoms with van der Waals surface area (Å²) in [6.07, 6.45) is 2.70. The predicted molar refractivity (Wildman–Crippen MR) is 86.9 cm³/mol. The van der Waals surface area contributed by atoms with Crippen LogP contribution in [0.5, 0.6) is 0 Å². The van der Waals surface area contributed by atoms with Crippen LogP contribution in [0.4, 0.5) is 0 Å². The molecule has 1 aromatic rings. The molecule has 0 aromatic heterocycles. The van der Waals surface area contributed by atoms with E-state index in [1.54, 1.807) is 0 Å². The van der Waals surface area contributed by atoms with Crippen LogP contribution in [0.15, 0.2) is 28.7 Å². The van der Waals surface area contributed by atoms with E-state index in [2.05, 4.69) is 55.3 Å². The van der Waals surface area contributed by atoms with Crippen LogP contribution >= 0.6 is 15.9 Å². The average Bonchev–Trinajstić information content (AvgIpc) is 2.51. The molecule has 2 aliphatic rings. The number of hydrogen-bond donors (Lipinski definition) is 1. The van der Waals surface area contributed by atoms with Crippen molar-refractivity contribution in [3.05, 3.63) is 34.3 Å². The summed E-state index contributed by atoms with van der Waals surface area (Å²) >= 11 is 3.67. The molecule has 3 rings (SSSR count). The van der Waals surface area contributed by atoms with Gasteiger partial charge in [0.2, 0.25) is 0 Å². The molecule has 1 unspecified atom stereocenters. The molecule has 2 heterocycles. The fourth-order valence-electron chi connectivity index (χ4n) is 3.39. The highest BCUT2D eigenvalue weighted by molar-refractivity contribution is 9.10. The fraction of sp³-hybridized carbons (Fsp3) is 0.625. The molecule has 0 spiro atoms. The third-order valence-corrected chi connectivity index (χ3v) is 5.27. The maximum atomic E-state index is 3.67. The van der Waals surface area contributed by atoms with Crippen molar-refractivity contribution in [1.29, 1.82) is 0 Å². The first-order chi connectivity index (χ1) is 9.83. The molecule has 0 amide bonds. The van der Waals surface area contributed by atoms with Crippen LogP contribution < -0.4 is 5.32 Å². The first kappa shape index (κ1) is 14.5. The summed E-state index contributed by atoms with van der Waals surface area (Å²) in [5.74, 6) is 0. The number of piperazine rings is 1. The number of rotatable bonds is 3. The molecular formula is C16H24BrN3. The van der Waals surface area contributed by atoms with Gasteiger partial charge in [0, 0.05) is 49.8 Å². The van der Waals surface area contributed by atoms with Gasteiger partial charge in [-0.05, 0) is 31.0 Å². The highest BCUT2D eigenvalue weighted by atomic mass is 79.9. The molecular weight excluding hydrogens is 314 g/mol. The molecule has 4 heteroatoms. The van der Waals surface area contributed by atoms with E-state index >= 15 is 0 Å². The molecule has 1 aromatic carbocycles. The zero-order valence-electron chi connectivity index (χ0n) is 12.0. The third-order valence-electron chi connectivity index (χ3n) is 4.50. The van der Waals surface area contributed by atoms with E-state index in [1.165, 1.54) is 49.1 Å². The summed E-state index contributed by atoms with van der Waals surface area (Å²) in [6, 6.07) is 9.37. The molecule has 2 saturated heterocycles. The standard InChI is InChI=1S/C16H24BrN3/c17-16-6-2-1-4-14(16)12-19-9-3-5-15(13-19)20-10-7-18-8-11-20/h1-2,4,6,15,18H,3,5,7-13H2. The van der Waals surface area contributed by atoms with Crippen LogP contribution in [-0.4, -0.2) is 55.1 Å². The lowest BCUT2D eigenvalue weighted by atomic mass is 10.0. The van der Waals surface area contributed by atoms with E-state index in [0.29, 0.717) is 0 Å². The van der Waals surface area contributed by atoms with Gasteiger partial charge >= 0.3 is 0 Å². The van der Waals surface area contributed by atoms with Gasteiger partial charge in [-0.25, -0.2) is 0 Å². The quantitative estimate of drug-likeness (QED) is 0.913. The number of halogens is 1. The molecule has 0 bridgehead atoms. The first-order valence-corrected chi connectivity index (χ1v) is 8.53. The molecule has 2 aliphatic heterocycles. The fourth-order valence-corrected chi connectivity index (χ4v) is 3.80. The Hall–Kier alpha value is -0.420. The topological polar surface area (TPSA) is 18.5 Å². The van der Waals surface area contributed by atoms with Crippen molar-refractivity contribution in [3.8, 4) is 0 Å². The largest absolute Gasteiger partial charge is 0.314 e. The summed E-state index contributed by atoms with van der Waals surface area (Å²) < 4.78 is 1.24. The molecule has 2 fully saturated rings. The Morgan fingerprint density at radius 3 is 2.75 bits per heavy atom. The zero-order chi connectivity index (χ0) is 13.8. The van der Waals surface area contributed by atoms with Gasteiger partial charge in [-0.1, -0.05) is 34.1 Å². The van der Waals surface area contributed by atoms with E-state index in [-0.39, 0.29) is 0 Å². The van der Waals surface area contributed by atoms with Gasteiger partial charge < -0.3 is 5.32 Å². The molecule has 3 nitrogen and oxygen atoms in total. The summed E-state index contributed by atoms with van der Waals surface area (Å²) in [4.78, 5) is 5.30. The average molecular weight is 338 g/mol. The van der Waals surface area contributed by atoms with Gasteiger partial charge in [0.1, 0.15) is 0 Å². The highest BCUT2D eigenvalue weighted by Gasteiger charge is 2.26. The molecule has 0 saturated carbocycles. The molecule has 0 aliphatic carbocycles. The second-order valence-electron chi connectivity index (χ2n) is 5.91. The Bertz CT molecular complexity index is 431. The molecule has 0 radical (unpaired) electrons. The Labute approximate surface area is 130 Å². The number of piperidine rings is 1. The van der Waals surface area contributed by atoms with Crippen molar-refractivity contribution >= 4 is 15.9 Å². The lowest BCUT2D eigenvalue weighted by Gasteiger charge is -2.41. The van der Waals surface area contributed by atoms with Crippen LogP contribution in [0, 0.1) is 0 Å². The normalized spacial score (nSPS) is 25.8. The first-order valence-electron chi connectivity index (χ1n) is 7.73. The minimum Gasteiger partial charge on any atom is -0.314 e. The number of nitrogens with zero attached hydrogens (tertiary/aromatic N) is 2. The van der Waals surface area contributed by atoms with Crippen molar-refractivity contribution in [2.45, 2.75) is 25.4 Å². The monoisotopic (exact) mass is 337 g/mol. The minimum absolute atomic E-state index is 0.758. The molecule has 20 heavy (non-hydrogen) atoms. The number of hydrogen-bond acceptors (Lipinski definition) is 3. The summed E-state index contributed by atoms with van der Waals surface area (Å²) in [5.41, 5.74) is 1.41. The van der Waals surface area contributed by atoms with E-state index in [9.17, 15) is 0 Å². The lowest BCUT2D eigenvalue weighted by Crippen LogP contribution is -2.53. The van der Waals surface area contributed by atoms with Crippen LogP contribution in [0.25, 0.3) is 0 Å². The van der Waals surface area contributed by atoms with Crippen molar-refractivity contribution in [2.75, 3.05) is 39.3 Å². The number of benzene rings is 1. The Morgan fingerprint density at radius 2 is 1.95 bits per heavy atom. The van der Waals surface area contributed by atoms with Crippen molar-refractivity contribution in [3.63, 3.8) is 0 Å². The van der Waals surface area contributed by atoms with Crippen molar-refractivity contribution in [1.82, 2.24) is 15.1 Å². The maximum Gasteiger partial charge on any atom is 0.0245 e. The van der Waals surface area contributed by atoms with Gasteiger partial charge in [-0.15, -0.1) is 0 Å². The SMILES string of the molecule is Brc1ccccc1CN1CCCC(N2CCNCC2)C1. The summed E-state index contributed by atoms with van der Waals surface area (Å²) in [7, 11) is 0. The number of likely N-dealkylation sites (tertiary alicyclic amines) is 1. The second-order valence-corrected chi connectivity index (χ2v) is 6.76. The lowest BCUT2D eigenvalue weighted by molar-refractivity contribution is 0.0839. The van der Waals surface area contributed by atoms with E-state index in [4.69, 9.17) is 0 Å². The van der Waals surface area contributed by atoms with Gasteiger partial charge in [-0.2, -0.15) is 0 Å². The molecule has 1 N–H and O–H groups in total. The Morgan fingerprint density at radius 1 is 1.15 bits per heavy atom. The highest BCUT2D eigenvalue weighted by Crippen LogP contribution is 2.22. The minimum atomic E-state index is 0.758. The van der Waals surface area contributed by atoms with E-state index in [0.717, 1.165) is 25.7 Å². The van der Waals surface area contributed by atoms with E-state index < -0.39 is 0 Å². The summed E-state index contributed by atoms with van der Waals surface area (Å²) in [5, 5.41) is 3.45. The third kappa shape index (κ3) is 3.61. The van der Waals surface area contributed by atoms with Crippen LogP contribution in [-0.2, 0) is 6.54 Å². The van der Waals surface area contributed by atoms with Crippen molar-refractivity contribution < 1.29 is 0 Å². The maximum absolute atomic E-state index is 3.67. The van der Waals surface area contributed by atoms with Gasteiger partial charge in [-0.3, -0.25) is 9.80 Å². The van der Waals surface area contributed by atoms with E-state index in [1.807, 2.05) is 0 Å². The zero-order valence-corrected chi connectivity index (χ0v) is 13.6. The molecule has 1 atom stereocenters. The Balaban J connectivity index is 1.59. The van der Waals surface area contributed by atoms with Gasteiger partial charge in [0.05, 0.1) is 0 Å². The van der Waals surface area contributed by atoms with Crippen LogP contribution in [0.3, 0.4) is 0 Å².